The maximum Gasteiger partial charge on any atom is 0.132 e. The fourth-order valence-electron chi connectivity index (χ4n) is 3.85. The lowest BCUT2D eigenvalue weighted by molar-refractivity contribution is 0.0641. The van der Waals surface area contributed by atoms with E-state index in [0.717, 1.165) is 41.2 Å². The third-order valence-corrected chi connectivity index (χ3v) is 7.51. The van der Waals surface area contributed by atoms with E-state index in [1.807, 2.05) is 12.1 Å². The summed E-state index contributed by atoms with van der Waals surface area (Å²) in [5.41, 5.74) is 2.27. The number of halogens is 2. The van der Waals surface area contributed by atoms with Crippen molar-refractivity contribution in [3.63, 3.8) is 0 Å². The molecule has 2 N–H and O–H groups in total. The smallest absolute Gasteiger partial charge is 0.132 e. The molecule has 0 radical (unpaired) electrons. The van der Waals surface area contributed by atoms with Crippen LogP contribution in [0, 0.1) is 9.49 Å². The molecule has 182 valence electrons. The Hall–Kier alpha value is -1.06. The first kappa shape index (κ1) is 26.5. The monoisotopic (exact) mass is 586 g/mol. The average Bonchev–Trinajstić information content (AvgIpc) is 2.82. The SMILES string of the molecule is C[C@H](CCl)COc1ccc(C(C)(C)c2ccc(OC[C@H](O)CN3CCNCC3)cc2)cc1I. The number of aliphatic hydroxyl groups is 1. The zero-order valence-electron chi connectivity index (χ0n) is 19.8. The minimum atomic E-state index is -0.491. The van der Waals surface area contributed by atoms with Gasteiger partial charge in [0.05, 0.1) is 10.2 Å². The summed E-state index contributed by atoms with van der Waals surface area (Å²) in [6.07, 6.45) is -0.491. The third-order valence-electron chi connectivity index (χ3n) is 6.14. The third kappa shape index (κ3) is 7.72. The Morgan fingerprint density at radius 2 is 1.73 bits per heavy atom. The largest absolute Gasteiger partial charge is 0.492 e. The second kappa shape index (κ2) is 12.6. The maximum atomic E-state index is 10.3. The van der Waals surface area contributed by atoms with Crippen LogP contribution in [0.15, 0.2) is 42.5 Å². The lowest BCUT2D eigenvalue weighted by atomic mass is 9.78. The van der Waals surface area contributed by atoms with Crippen molar-refractivity contribution in [3.8, 4) is 11.5 Å². The molecule has 0 amide bonds. The van der Waals surface area contributed by atoms with Crippen LogP contribution in [0.4, 0.5) is 0 Å². The lowest BCUT2D eigenvalue weighted by Crippen LogP contribution is -2.47. The van der Waals surface area contributed by atoms with Crippen molar-refractivity contribution in [2.75, 3.05) is 51.8 Å². The normalized spacial score (nSPS) is 16.9. The van der Waals surface area contributed by atoms with Gasteiger partial charge in [0.25, 0.3) is 0 Å². The Labute approximate surface area is 216 Å². The van der Waals surface area contributed by atoms with Crippen molar-refractivity contribution in [1.82, 2.24) is 10.2 Å². The highest BCUT2D eigenvalue weighted by molar-refractivity contribution is 14.1. The van der Waals surface area contributed by atoms with Crippen molar-refractivity contribution < 1.29 is 14.6 Å². The molecular formula is C26H36ClIN2O3. The number of hydrogen-bond donors (Lipinski definition) is 2. The molecule has 0 aromatic heterocycles. The molecule has 3 rings (SSSR count). The van der Waals surface area contributed by atoms with Crippen molar-refractivity contribution in [3.05, 3.63) is 57.2 Å². The van der Waals surface area contributed by atoms with Gasteiger partial charge in [-0.15, -0.1) is 11.6 Å². The van der Waals surface area contributed by atoms with E-state index in [4.69, 9.17) is 21.1 Å². The fourth-order valence-corrected chi connectivity index (χ4v) is 4.61. The van der Waals surface area contributed by atoms with Gasteiger partial charge in [-0.3, -0.25) is 4.90 Å². The molecule has 0 aliphatic carbocycles. The Bertz CT molecular complexity index is 872. The van der Waals surface area contributed by atoms with Crippen LogP contribution in [0.2, 0.25) is 0 Å². The highest BCUT2D eigenvalue weighted by Crippen LogP contribution is 2.35. The van der Waals surface area contributed by atoms with Gasteiger partial charge in [0, 0.05) is 49.9 Å². The summed E-state index contributed by atoms with van der Waals surface area (Å²) in [6, 6.07) is 14.6. The molecule has 0 saturated carbocycles. The van der Waals surface area contributed by atoms with Crippen LogP contribution in [0.5, 0.6) is 11.5 Å². The molecule has 2 aromatic carbocycles. The summed E-state index contributed by atoms with van der Waals surface area (Å²) in [5, 5.41) is 13.6. The van der Waals surface area contributed by atoms with Gasteiger partial charge >= 0.3 is 0 Å². The highest BCUT2D eigenvalue weighted by atomic mass is 127. The van der Waals surface area contributed by atoms with Crippen molar-refractivity contribution in [1.29, 1.82) is 0 Å². The number of hydrogen-bond acceptors (Lipinski definition) is 5. The zero-order chi connectivity index (χ0) is 23.8. The number of piperazine rings is 1. The first-order valence-corrected chi connectivity index (χ1v) is 13.2. The minimum absolute atomic E-state index is 0.164. The van der Waals surface area contributed by atoms with E-state index in [1.165, 1.54) is 11.1 Å². The molecule has 1 heterocycles. The van der Waals surface area contributed by atoms with Gasteiger partial charge in [-0.1, -0.05) is 39.0 Å². The molecular weight excluding hydrogens is 551 g/mol. The Morgan fingerprint density at radius 3 is 2.36 bits per heavy atom. The number of alkyl halides is 1. The van der Waals surface area contributed by atoms with Crippen LogP contribution in [-0.2, 0) is 5.41 Å². The summed E-state index contributed by atoms with van der Waals surface area (Å²) < 4.78 is 12.9. The summed E-state index contributed by atoms with van der Waals surface area (Å²) in [6.45, 7) is 12.0. The molecule has 5 nitrogen and oxygen atoms in total. The molecule has 0 unspecified atom stereocenters. The predicted octanol–water partition coefficient (Wildman–Crippen LogP) is 4.52. The molecule has 1 aliphatic rings. The van der Waals surface area contributed by atoms with Crippen LogP contribution in [0.25, 0.3) is 0 Å². The molecule has 1 fully saturated rings. The highest BCUT2D eigenvalue weighted by Gasteiger charge is 2.24. The molecule has 7 heteroatoms. The lowest BCUT2D eigenvalue weighted by Gasteiger charge is -2.29. The molecule has 2 atom stereocenters. The second-order valence-electron chi connectivity index (χ2n) is 9.38. The standard InChI is InChI=1S/C26H36ClIN2O3/c1-19(15-27)17-33-25-9-6-21(14-24(25)28)26(2,3)20-4-7-23(8-5-20)32-18-22(31)16-30-12-10-29-11-13-30/h4-9,14,19,22,29,31H,10-13,15-18H2,1-3H3/t19-,22-/m1/s1. The van der Waals surface area contributed by atoms with Gasteiger partial charge in [0.1, 0.15) is 24.2 Å². The van der Waals surface area contributed by atoms with Gasteiger partial charge in [0.15, 0.2) is 0 Å². The van der Waals surface area contributed by atoms with Crippen LogP contribution in [0.3, 0.4) is 0 Å². The number of aliphatic hydroxyl groups excluding tert-OH is 1. The molecule has 1 aliphatic heterocycles. The van der Waals surface area contributed by atoms with Crippen LogP contribution in [-0.4, -0.2) is 67.9 Å². The Kier molecular flexibility index (Phi) is 10.1. The van der Waals surface area contributed by atoms with E-state index >= 15 is 0 Å². The predicted molar refractivity (Wildman–Crippen MR) is 144 cm³/mol. The van der Waals surface area contributed by atoms with Gasteiger partial charge in [-0.05, 0) is 58.0 Å². The number of ether oxygens (including phenoxy) is 2. The van der Waals surface area contributed by atoms with Gasteiger partial charge in [-0.25, -0.2) is 0 Å². The summed E-state index contributed by atoms with van der Waals surface area (Å²) in [7, 11) is 0. The minimum Gasteiger partial charge on any atom is -0.492 e. The van der Waals surface area contributed by atoms with Gasteiger partial charge < -0.3 is 19.9 Å². The number of nitrogens with one attached hydrogen (secondary N) is 1. The van der Waals surface area contributed by atoms with Crippen molar-refractivity contribution in [2.45, 2.75) is 32.3 Å². The Balaban J connectivity index is 1.57. The summed E-state index contributed by atoms with van der Waals surface area (Å²) in [4.78, 5) is 2.27. The zero-order valence-corrected chi connectivity index (χ0v) is 22.7. The molecule has 1 saturated heterocycles. The van der Waals surface area contributed by atoms with Crippen LogP contribution >= 0.6 is 34.2 Å². The van der Waals surface area contributed by atoms with E-state index in [0.29, 0.717) is 31.6 Å². The Morgan fingerprint density at radius 1 is 1.06 bits per heavy atom. The van der Waals surface area contributed by atoms with E-state index in [1.54, 1.807) is 0 Å². The molecule has 0 bridgehead atoms. The molecule has 2 aromatic rings. The number of benzene rings is 2. The van der Waals surface area contributed by atoms with Crippen molar-refractivity contribution in [2.24, 2.45) is 5.92 Å². The number of β-amino-alcohol motifs (C(OH)–C–C–N with tert-alkyl or cyclic N) is 1. The van der Waals surface area contributed by atoms with E-state index in [9.17, 15) is 5.11 Å². The van der Waals surface area contributed by atoms with E-state index in [2.05, 4.69) is 83.9 Å². The second-order valence-corrected chi connectivity index (χ2v) is 10.9. The molecule has 0 spiro atoms. The first-order valence-electron chi connectivity index (χ1n) is 11.6. The van der Waals surface area contributed by atoms with Crippen LogP contribution < -0.4 is 14.8 Å². The number of nitrogens with zero attached hydrogens (tertiary/aromatic N) is 1. The summed E-state index contributed by atoms with van der Waals surface area (Å²) in [5.74, 6) is 2.59. The van der Waals surface area contributed by atoms with E-state index in [-0.39, 0.29) is 5.41 Å². The number of rotatable bonds is 11. The molecule has 33 heavy (non-hydrogen) atoms. The fraction of sp³-hybridized carbons (Fsp3) is 0.538. The van der Waals surface area contributed by atoms with Crippen molar-refractivity contribution >= 4 is 34.2 Å². The van der Waals surface area contributed by atoms with Gasteiger partial charge in [-0.2, -0.15) is 0 Å². The average molecular weight is 587 g/mol. The summed E-state index contributed by atoms with van der Waals surface area (Å²) >= 11 is 8.23. The topological polar surface area (TPSA) is 54.0 Å². The quantitative estimate of drug-likeness (QED) is 0.300. The first-order chi connectivity index (χ1) is 15.8. The van der Waals surface area contributed by atoms with E-state index < -0.39 is 6.10 Å². The van der Waals surface area contributed by atoms with Gasteiger partial charge in [0.2, 0.25) is 0 Å². The maximum absolute atomic E-state index is 10.3. The van der Waals surface area contributed by atoms with Crippen LogP contribution in [0.1, 0.15) is 31.9 Å².